The molecule has 2 aromatic rings. The van der Waals surface area contributed by atoms with E-state index < -0.39 is 5.56 Å². The fourth-order valence-electron chi connectivity index (χ4n) is 3.66. The minimum atomic E-state index is -0.577. The van der Waals surface area contributed by atoms with Crippen molar-refractivity contribution in [2.75, 3.05) is 26.7 Å². The van der Waals surface area contributed by atoms with Crippen molar-refractivity contribution in [2.45, 2.75) is 45.9 Å². The van der Waals surface area contributed by atoms with Crippen molar-refractivity contribution in [3.63, 3.8) is 0 Å². The van der Waals surface area contributed by atoms with Gasteiger partial charge < -0.3 is 19.3 Å². The number of hydrogen-bond acceptors (Lipinski definition) is 7. The highest BCUT2D eigenvalue weighted by molar-refractivity contribution is 5.46. The average molecular weight is 445 g/mol. The predicted molar refractivity (Wildman–Crippen MR) is 120 cm³/mol. The second-order valence-electron chi connectivity index (χ2n) is 7.63. The summed E-state index contributed by atoms with van der Waals surface area (Å²) < 4.78 is 6.41. The van der Waals surface area contributed by atoms with Gasteiger partial charge in [0.05, 0.1) is 11.7 Å². The summed E-state index contributed by atoms with van der Waals surface area (Å²) in [6, 6.07) is 9.63. The van der Waals surface area contributed by atoms with Gasteiger partial charge in [-0.05, 0) is 45.8 Å². The van der Waals surface area contributed by atoms with Crippen molar-refractivity contribution in [1.29, 1.82) is 0 Å². The first kappa shape index (κ1) is 25.1. The third-order valence-electron chi connectivity index (χ3n) is 5.59. The topological polar surface area (TPSA) is 105 Å². The third kappa shape index (κ3) is 6.65. The van der Waals surface area contributed by atoms with Crippen LogP contribution in [-0.4, -0.2) is 64.0 Å². The van der Waals surface area contributed by atoms with Crippen LogP contribution in [-0.2, 0) is 27.5 Å². The molecular formula is C23H32N4O5. The second kappa shape index (κ2) is 12.6. The number of aromatic hydroxyl groups is 1. The summed E-state index contributed by atoms with van der Waals surface area (Å²) in [5.74, 6) is 0.376. The molecule has 174 valence electrons. The van der Waals surface area contributed by atoms with Gasteiger partial charge in [0.2, 0.25) is 12.2 Å². The third-order valence-corrected chi connectivity index (χ3v) is 5.59. The Morgan fingerprint density at radius 1 is 1.28 bits per heavy atom. The Balaban J connectivity index is 0.000000303. The van der Waals surface area contributed by atoms with Gasteiger partial charge in [0.15, 0.2) is 0 Å². The molecule has 0 radical (unpaired) electrons. The summed E-state index contributed by atoms with van der Waals surface area (Å²) >= 11 is 0. The maximum absolute atomic E-state index is 11.9. The second-order valence-corrected chi connectivity index (χ2v) is 7.63. The number of ether oxygens (including phenoxy) is 1. The lowest BCUT2D eigenvalue weighted by atomic mass is 10.2. The molecule has 1 saturated heterocycles. The molecule has 1 fully saturated rings. The fraction of sp³-hybridized carbons (Fsp3) is 0.478. The van der Waals surface area contributed by atoms with E-state index in [1.54, 1.807) is 11.8 Å². The zero-order chi connectivity index (χ0) is 23.5. The summed E-state index contributed by atoms with van der Waals surface area (Å²) in [4.78, 5) is 40.5. The lowest BCUT2D eigenvalue weighted by molar-refractivity contribution is -0.129. The van der Waals surface area contributed by atoms with Crippen molar-refractivity contribution in [3.05, 3.63) is 57.8 Å². The van der Waals surface area contributed by atoms with E-state index in [1.165, 1.54) is 0 Å². The monoisotopic (exact) mass is 444 g/mol. The molecule has 9 heteroatoms. The Hall–Kier alpha value is -3.20. The number of likely N-dealkylation sites (tertiary alicyclic amines) is 1. The number of hydrogen-bond donors (Lipinski definition) is 1. The first-order valence-electron chi connectivity index (χ1n) is 10.7. The van der Waals surface area contributed by atoms with Gasteiger partial charge in [-0.2, -0.15) is 4.98 Å². The number of rotatable bonds is 9. The van der Waals surface area contributed by atoms with Gasteiger partial charge in [0, 0.05) is 19.6 Å². The van der Waals surface area contributed by atoms with Crippen LogP contribution in [0.1, 0.15) is 42.9 Å². The van der Waals surface area contributed by atoms with E-state index in [0.717, 1.165) is 31.4 Å². The van der Waals surface area contributed by atoms with Crippen LogP contribution in [0.3, 0.4) is 0 Å². The molecule has 1 unspecified atom stereocenters. The van der Waals surface area contributed by atoms with Gasteiger partial charge in [-0.15, -0.1) is 0 Å². The molecule has 1 atom stereocenters. The van der Waals surface area contributed by atoms with Crippen LogP contribution in [0.2, 0.25) is 0 Å². The van der Waals surface area contributed by atoms with Crippen molar-refractivity contribution in [2.24, 2.45) is 0 Å². The molecule has 1 aromatic carbocycles. The molecule has 1 aliphatic rings. The lowest BCUT2D eigenvalue weighted by Crippen LogP contribution is -2.32. The van der Waals surface area contributed by atoms with Crippen molar-refractivity contribution in [3.8, 4) is 5.75 Å². The van der Waals surface area contributed by atoms with Gasteiger partial charge in [0.25, 0.3) is 6.47 Å². The van der Waals surface area contributed by atoms with Gasteiger partial charge in [0.1, 0.15) is 12.4 Å². The Kier molecular flexibility index (Phi) is 9.87. The number of aromatic nitrogens is 2. The van der Waals surface area contributed by atoms with Crippen LogP contribution in [0.25, 0.3) is 0 Å². The first-order valence-corrected chi connectivity index (χ1v) is 10.7. The number of carbonyl (C=O) groups is 2. The summed E-state index contributed by atoms with van der Waals surface area (Å²) in [7, 11) is 2.01. The minimum Gasteiger partial charge on any atom is -0.502 e. The Labute approximate surface area is 188 Å². The van der Waals surface area contributed by atoms with E-state index in [1.807, 2.05) is 48.9 Å². The first-order chi connectivity index (χ1) is 15.4. The number of carbonyl (C=O) groups excluding carboxylic acids is 2. The Bertz CT molecular complexity index is 932. The van der Waals surface area contributed by atoms with E-state index in [4.69, 9.17) is 0 Å². The van der Waals surface area contributed by atoms with E-state index >= 15 is 0 Å². The maximum atomic E-state index is 11.9. The average Bonchev–Trinajstić information content (AvgIpc) is 3.24. The van der Waals surface area contributed by atoms with Gasteiger partial charge in [-0.3, -0.25) is 19.3 Å². The molecule has 1 aromatic heterocycles. The highest BCUT2D eigenvalue weighted by Gasteiger charge is 2.28. The summed E-state index contributed by atoms with van der Waals surface area (Å²) in [6.45, 7) is 7.07. The standard InChI is InChI=1S/C15H24N4O3.C8H8O2/c1-4-18(10-20)8-9-19-11(2)13(21)15(22)16-14(19)12-6-5-7-17(12)3;9-7-10-6-8-4-2-1-3-5-8/h10,12,21H,4-9H2,1-3H3;1-5,7H,6H2. The highest BCUT2D eigenvalue weighted by Crippen LogP contribution is 2.30. The Morgan fingerprint density at radius 2 is 2.00 bits per heavy atom. The van der Waals surface area contributed by atoms with Crippen LogP contribution in [0.4, 0.5) is 0 Å². The molecule has 0 spiro atoms. The molecule has 0 saturated carbocycles. The van der Waals surface area contributed by atoms with Crippen LogP contribution in [0, 0.1) is 6.92 Å². The van der Waals surface area contributed by atoms with Crippen LogP contribution in [0.15, 0.2) is 35.1 Å². The van der Waals surface area contributed by atoms with Gasteiger partial charge in [-0.25, -0.2) is 0 Å². The summed E-state index contributed by atoms with van der Waals surface area (Å²) in [6.07, 6.45) is 2.82. The normalized spacial score (nSPS) is 15.5. The zero-order valence-electron chi connectivity index (χ0n) is 18.9. The predicted octanol–water partition coefficient (Wildman–Crippen LogP) is 1.86. The van der Waals surface area contributed by atoms with Crippen molar-refractivity contribution < 1.29 is 19.4 Å². The molecule has 1 aliphatic heterocycles. The van der Waals surface area contributed by atoms with E-state index in [-0.39, 0.29) is 11.8 Å². The summed E-state index contributed by atoms with van der Waals surface area (Å²) in [5.41, 5.74) is 0.943. The van der Waals surface area contributed by atoms with Gasteiger partial charge >= 0.3 is 5.56 Å². The van der Waals surface area contributed by atoms with E-state index in [2.05, 4.69) is 14.6 Å². The summed E-state index contributed by atoms with van der Waals surface area (Å²) in [5, 5.41) is 9.91. The quantitative estimate of drug-likeness (QED) is 0.589. The Morgan fingerprint density at radius 3 is 2.56 bits per heavy atom. The van der Waals surface area contributed by atoms with Crippen molar-refractivity contribution >= 4 is 12.9 Å². The molecule has 0 aliphatic carbocycles. The zero-order valence-corrected chi connectivity index (χ0v) is 18.9. The van der Waals surface area contributed by atoms with Crippen LogP contribution < -0.4 is 5.56 Å². The minimum absolute atomic E-state index is 0.0818. The molecule has 2 heterocycles. The molecule has 1 N–H and O–H groups in total. The number of nitrogens with zero attached hydrogens (tertiary/aromatic N) is 4. The molecule has 9 nitrogen and oxygen atoms in total. The number of amides is 1. The van der Waals surface area contributed by atoms with E-state index in [9.17, 15) is 19.5 Å². The molecular weight excluding hydrogens is 412 g/mol. The number of likely N-dealkylation sites (N-methyl/N-ethyl adjacent to an activating group) is 1. The highest BCUT2D eigenvalue weighted by atomic mass is 16.5. The number of benzene rings is 1. The SMILES string of the molecule is CCN(C=O)CCn1c(C2CCCN2C)nc(=O)c(O)c1C.O=COCc1ccccc1. The smallest absolute Gasteiger partial charge is 0.315 e. The molecule has 0 bridgehead atoms. The van der Waals surface area contributed by atoms with Crippen LogP contribution >= 0.6 is 0 Å². The maximum Gasteiger partial charge on any atom is 0.315 e. The molecule has 3 rings (SSSR count). The fourth-order valence-corrected chi connectivity index (χ4v) is 3.66. The van der Waals surface area contributed by atoms with Crippen LogP contribution in [0.5, 0.6) is 5.75 Å². The van der Waals surface area contributed by atoms with E-state index in [0.29, 0.717) is 44.2 Å². The lowest BCUT2D eigenvalue weighted by Gasteiger charge is -2.25. The molecule has 1 amide bonds. The van der Waals surface area contributed by atoms with Gasteiger partial charge in [-0.1, -0.05) is 30.3 Å². The largest absolute Gasteiger partial charge is 0.502 e. The molecule has 32 heavy (non-hydrogen) atoms. The van der Waals surface area contributed by atoms with Crippen molar-refractivity contribution in [1.82, 2.24) is 19.4 Å².